The summed E-state index contributed by atoms with van der Waals surface area (Å²) < 4.78 is 0. The Kier molecular flexibility index (Phi) is 4.63. The molecular formula is C16H17NOS. The van der Waals surface area contributed by atoms with Crippen LogP contribution in [0.25, 0.3) is 0 Å². The number of aryl methyl sites for hydroxylation is 1. The number of hydrogen-bond donors (Lipinski definition) is 1. The maximum absolute atomic E-state index is 11.0. The van der Waals surface area contributed by atoms with E-state index in [1.165, 1.54) is 5.56 Å². The molecule has 0 bridgehead atoms. The lowest BCUT2D eigenvalue weighted by Gasteiger charge is -2.11. The number of benzene rings is 2. The van der Waals surface area contributed by atoms with Crippen LogP contribution in [0.15, 0.2) is 52.3 Å². The lowest BCUT2D eigenvalue weighted by molar-refractivity contribution is 0.112. The highest BCUT2D eigenvalue weighted by molar-refractivity contribution is 7.99. The summed E-state index contributed by atoms with van der Waals surface area (Å²) in [6.07, 6.45) is 1.92. The number of aldehydes is 1. The van der Waals surface area contributed by atoms with Gasteiger partial charge in [-0.1, -0.05) is 43.0 Å². The number of hydrogen-bond acceptors (Lipinski definition) is 3. The average Bonchev–Trinajstić information content (AvgIpc) is 2.48. The van der Waals surface area contributed by atoms with Crippen molar-refractivity contribution in [1.29, 1.82) is 0 Å². The molecule has 2 aromatic carbocycles. The van der Waals surface area contributed by atoms with Crippen molar-refractivity contribution >= 4 is 23.7 Å². The molecule has 0 amide bonds. The first-order chi connectivity index (χ1) is 9.28. The summed E-state index contributed by atoms with van der Waals surface area (Å²) in [5.41, 5.74) is 3.14. The summed E-state index contributed by atoms with van der Waals surface area (Å²) in [4.78, 5) is 13.2. The monoisotopic (exact) mass is 271 g/mol. The lowest BCUT2D eigenvalue weighted by Crippen LogP contribution is -1.93. The average molecular weight is 271 g/mol. The molecule has 2 nitrogen and oxygen atoms in total. The molecule has 19 heavy (non-hydrogen) atoms. The first kappa shape index (κ1) is 13.7. The molecule has 0 saturated heterocycles. The zero-order valence-corrected chi connectivity index (χ0v) is 12.0. The number of rotatable bonds is 5. The number of nitrogens with one attached hydrogen (secondary N) is 1. The summed E-state index contributed by atoms with van der Waals surface area (Å²) >= 11 is 1.62. The molecule has 0 aromatic heterocycles. The van der Waals surface area contributed by atoms with Gasteiger partial charge in [-0.25, -0.2) is 0 Å². The Morgan fingerprint density at radius 1 is 1.16 bits per heavy atom. The molecule has 0 aliphatic rings. The minimum atomic E-state index is 0.731. The molecule has 98 valence electrons. The quantitative estimate of drug-likeness (QED) is 0.824. The number of carbonyl (C=O) groups is 1. The molecule has 1 N–H and O–H groups in total. The van der Waals surface area contributed by atoms with E-state index in [-0.39, 0.29) is 0 Å². The van der Waals surface area contributed by atoms with Crippen LogP contribution in [0.3, 0.4) is 0 Å². The molecule has 2 rings (SSSR count). The van der Waals surface area contributed by atoms with E-state index in [1.54, 1.807) is 11.8 Å². The topological polar surface area (TPSA) is 29.1 Å². The van der Waals surface area contributed by atoms with Crippen LogP contribution >= 0.6 is 11.8 Å². The van der Waals surface area contributed by atoms with Gasteiger partial charge < -0.3 is 5.32 Å². The first-order valence-electron chi connectivity index (χ1n) is 6.31. The summed E-state index contributed by atoms with van der Waals surface area (Å²) in [7, 11) is 1.92. The second-order valence-electron chi connectivity index (χ2n) is 4.19. The molecule has 3 heteroatoms. The van der Waals surface area contributed by atoms with Crippen molar-refractivity contribution in [3.05, 3.63) is 53.6 Å². The Labute approximate surface area is 118 Å². The highest BCUT2D eigenvalue weighted by Gasteiger charge is 2.07. The molecule has 2 aromatic rings. The van der Waals surface area contributed by atoms with Crippen molar-refractivity contribution in [3.63, 3.8) is 0 Å². The van der Waals surface area contributed by atoms with E-state index >= 15 is 0 Å². The van der Waals surface area contributed by atoms with Gasteiger partial charge in [0, 0.05) is 28.1 Å². The lowest BCUT2D eigenvalue weighted by atomic mass is 10.1. The SMILES string of the molecule is CCc1ccc(Sc2ccccc2C=O)c(NC)c1. The Morgan fingerprint density at radius 3 is 2.63 bits per heavy atom. The van der Waals surface area contributed by atoms with Crippen LogP contribution in [-0.2, 0) is 6.42 Å². The van der Waals surface area contributed by atoms with E-state index < -0.39 is 0 Å². The van der Waals surface area contributed by atoms with Crippen LogP contribution in [-0.4, -0.2) is 13.3 Å². The second kappa shape index (κ2) is 6.43. The Hall–Kier alpha value is -1.74. The zero-order chi connectivity index (χ0) is 13.7. The van der Waals surface area contributed by atoms with Gasteiger partial charge in [-0.15, -0.1) is 0 Å². The van der Waals surface area contributed by atoms with Crippen LogP contribution in [0.2, 0.25) is 0 Å². The summed E-state index contributed by atoms with van der Waals surface area (Å²) in [5.74, 6) is 0. The molecule has 0 atom stereocenters. The van der Waals surface area contributed by atoms with E-state index in [2.05, 4.69) is 30.4 Å². The van der Waals surface area contributed by atoms with Crippen LogP contribution < -0.4 is 5.32 Å². The normalized spacial score (nSPS) is 10.2. The van der Waals surface area contributed by atoms with Crippen molar-refractivity contribution < 1.29 is 4.79 Å². The molecule has 0 radical (unpaired) electrons. The van der Waals surface area contributed by atoms with Crippen molar-refractivity contribution in [2.45, 2.75) is 23.1 Å². The molecule has 0 heterocycles. The number of anilines is 1. The van der Waals surface area contributed by atoms with Gasteiger partial charge in [0.15, 0.2) is 6.29 Å². The number of carbonyl (C=O) groups excluding carboxylic acids is 1. The van der Waals surface area contributed by atoms with Crippen molar-refractivity contribution in [2.75, 3.05) is 12.4 Å². The van der Waals surface area contributed by atoms with Gasteiger partial charge in [0.25, 0.3) is 0 Å². The fraction of sp³-hybridized carbons (Fsp3) is 0.188. The fourth-order valence-electron chi connectivity index (χ4n) is 1.87. The van der Waals surface area contributed by atoms with Crippen LogP contribution in [0.1, 0.15) is 22.8 Å². The third-order valence-electron chi connectivity index (χ3n) is 2.99. The van der Waals surface area contributed by atoms with Crippen LogP contribution in [0.5, 0.6) is 0 Å². The van der Waals surface area contributed by atoms with E-state index in [9.17, 15) is 4.79 Å². The molecule has 0 spiro atoms. The van der Waals surface area contributed by atoms with Crippen molar-refractivity contribution in [2.24, 2.45) is 0 Å². The van der Waals surface area contributed by atoms with Crippen molar-refractivity contribution in [3.8, 4) is 0 Å². The third kappa shape index (κ3) is 3.18. The summed E-state index contributed by atoms with van der Waals surface area (Å²) in [6.45, 7) is 2.14. The summed E-state index contributed by atoms with van der Waals surface area (Å²) in [6, 6.07) is 14.0. The minimum absolute atomic E-state index is 0.731. The van der Waals surface area contributed by atoms with E-state index in [0.29, 0.717) is 0 Å². The summed E-state index contributed by atoms with van der Waals surface area (Å²) in [5, 5.41) is 3.22. The first-order valence-corrected chi connectivity index (χ1v) is 7.13. The Balaban J connectivity index is 2.35. The third-order valence-corrected chi connectivity index (χ3v) is 4.16. The van der Waals surface area contributed by atoms with E-state index in [0.717, 1.165) is 33.7 Å². The predicted octanol–water partition coefficient (Wildman–Crippen LogP) is 4.25. The predicted molar refractivity (Wildman–Crippen MR) is 81.3 cm³/mol. The fourth-order valence-corrected chi connectivity index (χ4v) is 2.90. The van der Waals surface area contributed by atoms with Gasteiger partial charge in [-0.2, -0.15) is 0 Å². The largest absolute Gasteiger partial charge is 0.387 e. The maximum Gasteiger partial charge on any atom is 0.151 e. The van der Waals surface area contributed by atoms with Gasteiger partial charge >= 0.3 is 0 Å². The van der Waals surface area contributed by atoms with Crippen LogP contribution in [0, 0.1) is 0 Å². The minimum Gasteiger partial charge on any atom is -0.387 e. The van der Waals surface area contributed by atoms with Crippen LogP contribution in [0.4, 0.5) is 5.69 Å². The maximum atomic E-state index is 11.0. The molecule has 0 unspecified atom stereocenters. The molecule has 0 fully saturated rings. The zero-order valence-electron chi connectivity index (χ0n) is 11.1. The molecule has 0 aliphatic carbocycles. The molecule has 0 aliphatic heterocycles. The Morgan fingerprint density at radius 2 is 1.95 bits per heavy atom. The smallest absolute Gasteiger partial charge is 0.151 e. The molecular weight excluding hydrogens is 254 g/mol. The highest BCUT2D eigenvalue weighted by atomic mass is 32.2. The van der Waals surface area contributed by atoms with Gasteiger partial charge in [0.1, 0.15) is 0 Å². The van der Waals surface area contributed by atoms with Gasteiger partial charge in [0.05, 0.1) is 0 Å². The van der Waals surface area contributed by atoms with Gasteiger partial charge in [-0.3, -0.25) is 4.79 Å². The van der Waals surface area contributed by atoms with Gasteiger partial charge in [-0.05, 0) is 30.2 Å². The van der Waals surface area contributed by atoms with E-state index in [4.69, 9.17) is 0 Å². The van der Waals surface area contributed by atoms with E-state index in [1.807, 2.05) is 31.3 Å². The highest BCUT2D eigenvalue weighted by Crippen LogP contribution is 2.35. The Bertz CT molecular complexity index is 581. The standard InChI is InChI=1S/C16H17NOS/c1-3-12-8-9-16(14(10-12)17-2)19-15-7-5-4-6-13(15)11-18/h4-11,17H,3H2,1-2H3. The molecule has 0 saturated carbocycles. The van der Waals surface area contributed by atoms with Gasteiger partial charge in [0.2, 0.25) is 0 Å². The second-order valence-corrected chi connectivity index (χ2v) is 5.28. The van der Waals surface area contributed by atoms with Crippen molar-refractivity contribution in [1.82, 2.24) is 0 Å².